The highest BCUT2D eigenvalue weighted by molar-refractivity contribution is 5.73. The lowest BCUT2D eigenvalue weighted by molar-refractivity contribution is -0.139. The Bertz CT molecular complexity index is 415. The van der Waals surface area contributed by atoms with Gasteiger partial charge in [0.15, 0.2) is 0 Å². The Hall–Kier alpha value is -1.51. The SMILES string of the molecule is CCC1CCc2cc(CC(=O)OC)ccc2N1. The number of benzene rings is 1. The summed E-state index contributed by atoms with van der Waals surface area (Å²) in [5.41, 5.74) is 3.57. The molecule has 0 fully saturated rings. The Morgan fingerprint density at radius 2 is 2.35 bits per heavy atom. The largest absolute Gasteiger partial charge is 0.469 e. The van der Waals surface area contributed by atoms with E-state index in [1.807, 2.05) is 6.07 Å². The summed E-state index contributed by atoms with van der Waals surface area (Å²) in [4.78, 5) is 11.2. The number of methoxy groups -OCH3 is 1. The fourth-order valence-electron chi connectivity index (χ4n) is 2.27. The van der Waals surface area contributed by atoms with Gasteiger partial charge in [-0.1, -0.05) is 19.1 Å². The molecule has 0 saturated carbocycles. The second-order valence-electron chi connectivity index (χ2n) is 4.53. The van der Waals surface area contributed by atoms with Crippen LogP contribution in [-0.2, 0) is 22.4 Å². The Morgan fingerprint density at radius 1 is 1.53 bits per heavy atom. The van der Waals surface area contributed by atoms with E-state index in [1.54, 1.807) is 0 Å². The zero-order chi connectivity index (χ0) is 12.3. The molecular formula is C14H19NO2. The lowest BCUT2D eigenvalue weighted by Crippen LogP contribution is -2.24. The van der Waals surface area contributed by atoms with Crippen LogP contribution >= 0.6 is 0 Å². The van der Waals surface area contributed by atoms with Crippen molar-refractivity contribution in [2.75, 3.05) is 12.4 Å². The number of hydrogen-bond acceptors (Lipinski definition) is 3. The molecule has 92 valence electrons. The Morgan fingerprint density at radius 3 is 3.06 bits per heavy atom. The van der Waals surface area contributed by atoms with E-state index in [2.05, 4.69) is 29.1 Å². The van der Waals surface area contributed by atoms with Crippen molar-refractivity contribution < 1.29 is 9.53 Å². The van der Waals surface area contributed by atoms with Crippen molar-refractivity contribution in [1.82, 2.24) is 0 Å². The third-order valence-electron chi connectivity index (χ3n) is 3.36. The standard InChI is InChI=1S/C14H19NO2/c1-3-12-6-5-11-8-10(9-14(16)17-2)4-7-13(11)15-12/h4,7-8,12,15H,3,5-6,9H2,1-2H3. The number of carbonyl (C=O) groups is 1. The van der Waals surface area contributed by atoms with Gasteiger partial charge in [-0.25, -0.2) is 0 Å². The van der Waals surface area contributed by atoms with Gasteiger partial charge in [-0.15, -0.1) is 0 Å². The van der Waals surface area contributed by atoms with E-state index in [4.69, 9.17) is 0 Å². The molecule has 1 aromatic carbocycles. The van der Waals surface area contributed by atoms with E-state index in [1.165, 1.54) is 24.8 Å². The van der Waals surface area contributed by atoms with Crippen LogP contribution < -0.4 is 5.32 Å². The van der Waals surface area contributed by atoms with E-state index in [0.29, 0.717) is 12.5 Å². The van der Waals surface area contributed by atoms with E-state index in [0.717, 1.165) is 18.4 Å². The van der Waals surface area contributed by atoms with Crippen molar-refractivity contribution in [3.63, 3.8) is 0 Å². The minimum absolute atomic E-state index is 0.180. The molecule has 0 radical (unpaired) electrons. The predicted octanol–water partition coefficient (Wildman–Crippen LogP) is 2.54. The van der Waals surface area contributed by atoms with Crippen LogP contribution in [0.15, 0.2) is 18.2 Å². The molecule has 0 aromatic heterocycles. The molecule has 0 saturated heterocycles. The van der Waals surface area contributed by atoms with Crippen LogP contribution in [0, 0.1) is 0 Å². The number of rotatable bonds is 3. The van der Waals surface area contributed by atoms with Gasteiger partial charge in [-0.05, 0) is 36.5 Å². The summed E-state index contributed by atoms with van der Waals surface area (Å²) in [5.74, 6) is -0.180. The molecule has 1 aliphatic rings. The van der Waals surface area contributed by atoms with Crippen LogP contribution in [0.25, 0.3) is 0 Å². The highest BCUT2D eigenvalue weighted by atomic mass is 16.5. The van der Waals surface area contributed by atoms with Gasteiger partial charge >= 0.3 is 5.97 Å². The highest BCUT2D eigenvalue weighted by Crippen LogP contribution is 2.27. The Balaban J connectivity index is 2.13. The molecule has 1 unspecified atom stereocenters. The van der Waals surface area contributed by atoms with Crippen molar-refractivity contribution in [2.24, 2.45) is 0 Å². The number of nitrogens with one attached hydrogen (secondary N) is 1. The first-order valence-electron chi connectivity index (χ1n) is 6.18. The van der Waals surface area contributed by atoms with Gasteiger partial charge in [0.05, 0.1) is 13.5 Å². The second-order valence-corrected chi connectivity index (χ2v) is 4.53. The van der Waals surface area contributed by atoms with Gasteiger partial charge < -0.3 is 10.1 Å². The number of aryl methyl sites for hydroxylation is 1. The van der Waals surface area contributed by atoms with Crippen molar-refractivity contribution in [3.05, 3.63) is 29.3 Å². The predicted molar refractivity (Wildman–Crippen MR) is 68.2 cm³/mol. The molecule has 0 amide bonds. The smallest absolute Gasteiger partial charge is 0.309 e. The molecule has 0 aliphatic carbocycles. The van der Waals surface area contributed by atoms with Gasteiger partial charge in [0, 0.05) is 11.7 Å². The average Bonchev–Trinajstić information content (AvgIpc) is 2.38. The summed E-state index contributed by atoms with van der Waals surface area (Å²) in [5, 5.41) is 3.52. The lowest BCUT2D eigenvalue weighted by atomic mass is 9.94. The number of carbonyl (C=O) groups excluding carboxylic acids is 1. The van der Waals surface area contributed by atoms with Crippen LogP contribution in [0.3, 0.4) is 0 Å². The van der Waals surface area contributed by atoms with E-state index in [-0.39, 0.29) is 5.97 Å². The molecule has 2 rings (SSSR count). The number of esters is 1. The second kappa shape index (κ2) is 5.21. The first-order chi connectivity index (χ1) is 8.22. The molecule has 0 bridgehead atoms. The van der Waals surface area contributed by atoms with Crippen LogP contribution in [0.1, 0.15) is 30.9 Å². The Labute approximate surface area is 102 Å². The van der Waals surface area contributed by atoms with Crippen LogP contribution in [0.2, 0.25) is 0 Å². The lowest BCUT2D eigenvalue weighted by Gasteiger charge is -2.26. The fraction of sp³-hybridized carbons (Fsp3) is 0.500. The van der Waals surface area contributed by atoms with Gasteiger partial charge in [0.2, 0.25) is 0 Å². The van der Waals surface area contributed by atoms with Crippen LogP contribution in [-0.4, -0.2) is 19.1 Å². The maximum atomic E-state index is 11.2. The topological polar surface area (TPSA) is 38.3 Å². The van der Waals surface area contributed by atoms with Crippen molar-refractivity contribution in [2.45, 2.75) is 38.6 Å². The maximum Gasteiger partial charge on any atom is 0.309 e. The minimum atomic E-state index is -0.180. The summed E-state index contributed by atoms with van der Waals surface area (Å²) in [6, 6.07) is 6.79. The molecular weight excluding hydrogens is 214 g/mol. The van der Waals surface area contributed by atoms with Gasteiger partial charge in [-0.2, -0.15) is 0 Å². The van der Waals surface area contributed by atoms with E-state index < -0.39 is 0 Å². The summed E-state index contributed by atoms with van der Waals surface area (Å²) in [6.07, 6.45) is 3.78. The summed E-state index contributed by atoms with van der Waals surface area (Å²) in [6.45, 7) is 2.20. The molecule has 3 heteroatoms. The summed E-state index contributed by atoms with van der Waals surface area (Å²) < 4.78 is 4.68. The van der Waals surface area contributed by atoms with Crippen LogP contribution in [0.5, 0.6) is 0 Å². The van der Waals surface area contributed by atoms with Crippen molar-refractivity contribution >= 4 is 11.7 Å². The minimum Gasteiger partial charge on any atom is -0.469 e. The number of ether oxygens (including phenoxy) is 1. The quantitative estimate of drug-likeness (QED) is 0.815. The first kappa shape index (κ1) is 12.0. The molecule has 17 heavy (non-hydrogen) atoms. The van der Waals surface area contributed by atoms with Gasteiger partial charge in [0.25, 0.3) is 0 Å². The maximum absolute atomic E-state index is 11.2. The van der Waals surface area contributed by atoms with Crippen molar-refractivity contribution in [3.8, 4) is 0 Å². The molecule has 1 aromatic rings. The molecule has 0 spiro atoms. The molecule has 3 nitrogen and oxygen atoms in total. The van der Waals surface area contributed by atoms with Crippen LogP contribution in [0.4, 0.5) is 5.69 Å². The first-order valence-corrected chi connectivity index (χ1v) is 6.18. The Kier molecular flexibility index (Phi) is 3.67. The monoisotopic (exact) mass is 233 g/mol. The number of anilines is 1. The van der Waals surface area contributed by atoms with Crippen molar-refractivity contribution in [1.29, 1.82) is 0 Å². The zero-order valence-electron chi connectivity index (χ0n) is 10.5. The molecule has 1 aliphatic heterocycles. The third kappa shape index (κ3) is 2.78. The van der Waals surface area contributed by atoms with E-state index >= 15 is 0 Å². The normalized spacial score (nSPS) is 18.1. The zero-order valence-corrected chi connectivity index (χ0v) is 10.5. The summed E-state index contributed by atoms with van der Waals surface area (Å²) >= 11 is 0. The number of hydrogen-bond donors (Lipinski definition) is 1. The third-order valence-corrected chi connectivity index (χ3v) is 3.36. The average molecular weight is 233 g/mol. The summed E-state index contributed by atoms with van der Waals surface area (Å²) in [7, 11) is 1.42. The molecule has 1 atom stereocenters. The fourth-order valence-corrected chi connectivity index (χ4v) is 2.27. The number of fused-ring (bicyclic) bond motifs is 1. The molecule has 1 N–H and O–H groups in total. The highest BCUT2D eigenvalue weighted by Gasteiger charge is 2.16. The molecule has 1 heterocycles. The van der Waals surface area contributed by atoms with Gasteiger partial charge in [0.1, 0.15) is 0 Å². The van der Waals surface area contributed by atoms with E-state index in [9.17, 15) is 4.79 Å². The van der Waals surface area contributed by atoms with Gasteiger partial charge in [-0.3, -0.25) is 4.79 Å².